The highest BCUT2D eigenvalue weighted by molar-refractivity contribution is 6.01. The summed E-state index contributed by atoms with van der Waals surface area (Å²) in [5, 5.41) is 3.32. The summed E-state index contributed by atoms with van der Waals surface area (Å²) < 4.78 is 1.91. The van der Waals surface area contributed by atoms with Crippen LogP contribution in [0.15, 0.2) is 48.8 Å². The van der Waals surface area contributed by atoms with Gasteiger partial charge in [0.1, 0.15) is 5.54 Å². The number of rotatable bonds is 4. The minimum absolute atomic E-state index is 0.0891. The summed E-state index contributed by atoms with van der Waals surface area (Å²) in [6.45, 7) is 2.56. The summed E-state index contributed by atoms with van der Waals surface area (Å²) in [6, 6.07) is 11.7. The number of benzene rings is 1. The number of carbonyl (C=O) groups excluding carboxylic acids is 2. The molecule has 0 spiro atoms. The van der Waals surface area contributed by atoms with E-state index < -0.39 is 5.54 Å². The molecular weight excluding hydrogens is 414 g/mol. The van der Waals surface area contributed by atoms with Crippen molar-refractivity contribution in [3.8, 4) is 0 Å². The van der Waals surface area contributed by atoms with Gasteiger partial charge in [-0.3, -0.25) is 14.6 Å². The summed E-state index contributed by atoms with van der Waals surface area (Å²) in [4.78, 5) is 38.1. The molecule has 0 saturated heterocycles. The monoisotopic (exact) mass is 445 g/mol. The van der Waals surface area contributed by atoms with Crippen molar-refractivity contribution >= 4 is 22.8 Å². The van der Waals surface area contributed by atoms with Crippen LogP contribution < -0.4 is 5.32 Å². The first-order valence-corrected chi connectivity index (χ1v) is 12.0. The first kappa shape index (κ1) is 21.6. The standard InChI is InChI=1S/C26H31N5O2/c1-26(25(33)28-20-11-5-3-2-4-6-12-20)18-30-22-14-8-7-13-21(22)29-23(30)24(32)31(26)17-19-10-9-15-27-16-19/h7-10,13-16,20H,2-6,11-12,17-18H2,1H3,(H,28,33)/t26-/m1/s1. The van der Waals surface area contributed by atoms with Gasteiger partial charge < -0.3 is 14.8 Å². The fourth-order valence-electron chi connectivity index (χ4n) is 5.19. The Morgan fingerprint density at radius 2 is 1.85 bits per heavy atom. The third-order valence-corrected chi connectivity index (χ3v) is 7.15. The molecule has 1 saturated carbocycles. The van der Waals surface area contributed by atoms with Gasteiger partial charge in [0, 0.05) is 25.0 Å². The number of imidazole rings is 1. The number of nitrogens with zero attached hydrogens (tertiary/aromatic N) is 4. The van der Waals surface area contributed by atoms with Crippen LogP contribution in [0.3, 0.4) is 0 Å². The van der Waals surface area contributed by atoms with Gasteiger partial charge in [-0.05, 0) is 43.5 Å². The molecule has 1 aliphatic heterocycles. The molecule has 0 bridgehead atoms. The lowest BCUT2D eigenvalue weighted by molar-refractivity contribution is -0.134. The van der Waals surface area contributed by atoms with Crippen LogP contribution in [-0.2, 0) is 17.9 Å². The number of carbonyl (C=O) groups is 2. The molecule has 3 aromatic rings. The molecule has 3 heterocycles. The van der Waals surface area contributed by atoms with Crippen LogP contribution in [0.4, 0.5) is 0 Å². The molecular formula is C26H31N5O2. The van der Waals surface area contributed by atoms with Crippen molar-refractivity contribution in [2.24, 2.45) is 0 Å². The fourth-order valence-corrected chi connectivity index (χ4v) is 5.19. The van der Waals surface area contributed by atoms with Crippen molar-refractivity contribution < 1.29 is 9.59 Å². The van der Waals surface area contributed by atoms with E-state index in [4.69, 9.17) is 0 Å². The maximum Gasteiger partial charge on any atom is 0.291 e. The van der Waals surface area contributed by atoms with Crippen molar-refractivity contribution in [3.05, 3.63) is 60.2 Å². The highest BCUT2D eigenvalue weighted by atomic mass is 16.2. The van der Waals surface area contributed by atoms with E-state index >= 15 is 0 Å². The number of para-hydroxylation sites is 2. The number of amides is 2. The van der Waals surface area contributed by atoms with Gasteiger partial charge in [0.05, 0.1) is 17.6 Å². The van der Waals surface area contributed by atoms with Crippen LogP contribution in [0.5, 0.6) is 0 Å². The van der Waals surface area contributed by atoms with Gasteiger partial charge in [-0.1, -0.05) is 50.3 Å². The van der Waals surface area contributed by atoms with Crippen molar-refractivity contribution in [3.63, 3.8) is 0 Å². The summed E-state index contributed by atoms with van der Waals surface area (Å²) in [6.07, 6.45) is 11.4. The second-order valence-corrected chi connectivity index (χ2v) is 9.55. The average Bonchev–Trinajstić information content (AvgIpc) is 3.17. The second kappa shape index (κ2) is 8.96. The van der Waals surface area contributed by atoms with Crippen LogP contribution in [0.25, 0.3) is 11.0 Å². The van der Waals surface area contributed by atoms with Gasteiger partial charge in [0.25, 0.3) is 5.91 Å². The number of hydrogen-bond acceptors (Lipinski definition) is 4. The van der Waals surface area contributed by atoms with Gasteiger partial charge in [-0.2, -0.15) is 0 Å². The Hall–Kier alpha value is -3.22. The van der Waals surface area contributed by atoms with E-state index in [1.807, 2.05) is 47.9 Å². The van der Waals surface area contributed by atoms with E-state index in [2.05, 4.69) is 15.3 Å². The average molecular weight is 446 g/mol. The van der Waals surface area contributed by atoms with Gasteiger partial charge in [0.15, 0.2) is 5.82 Å². The fraction of sp³-hybridized carbons (Fsp3) is 0.462. The molecule has 1 fully saturated rings. The predicted octanol–water partition coefficient (Wildman–Crippen LogP) is 4.08. The lowest BCUT2D eigenvalue weighted by atomic mass is 9.92. The zero-order chi connectivity index (χ0) is 22.8. The summed E-state index contributed by atoms with van der Waals surface area (Å²) >= 11 is 0. The highest BCUT2D eigenvalue weighted by Crippen LogP contribution is 2.32. The number of aromatic nitrogens is 3. The van der Waals surface area contributed by atoms with Gasteiger partial charge in [-0.15, -0.1) is 0 Å². The van der Waals surface area contributed by atoms with Gasteiger partial charge in [0.2, 0.25) is 5.91 Å². The number of pyridine rings is 1. The zero-order valence-electron chi connectivity index (χ0n) is 19.2. The largest absolute Gasteiger partial charge is 0.351 e. The Balaban J connectivity index is 1.51. The normalized spacial score (nSPS) is 22.0. The smallest absolute Gasteiger partial charge is 0.291 e. The quantitative estimate of drug-likeness (QED) is 0.656. The van der Waals surface area contributed by atoms with Crippen LogP contribution in [-0.4, -0.2) is 42.8 Å². The molecule has 7 nitrogen and oxygen atoms in total. The molecule has 0 unspecified atom stereocenters. The lowest BCUT2D eigenvalue weighted by Crippen LogP contribution is -2.64. The Morgan fingerprint density at radius 3 is 2.61 bits per heavy atom. The molecule has 33 heavy (non-hydrogen) atoms. The molecule has 5 rings (SSSR count). The summed E-state index contributed by atoms with van der Waals surface area (Å²) in [5.74, 6) is 0.0710. The minimum Gasteiger partial charge on any atom is -0.351 e. The first-order valence-electron chi connectivity index (χ1n) is 12.0. The van der Waals surface area contributed by atoms with E-state index in [-0.39, 0.29) is 17.9 Å². The van der Waals surface area contributed by atoms with E-state index in [0.29, 0.717) is 18.9 Å². The van der Waals surface area contributed by atoms with Crippen LogP contribution in [0.1, 0.15) is 68.1 Å². The number of nitrogens with one attached hydrogen (secondary N) is 1. The van der Waals surface area contributed by atoms with E-state index in [1.54, 1.807) is 17.3 Å². The van der Waals surface area contributed by atoms with E-state index in [1.165, 1.54) is 19.3 Å². The molecule has 1 atom stereocenters. The van der Waals surface area contributed by atoms with Crippen molar-refractivity contribution in [1.82, 2.24) is 24.8 Å². The summed E-state index contributed by atoms with van der Waals surface area (Å²) in [7, 11) is 0. The summed E-state index contributed by atoms with van der Waals surface area (Å²) in [5.41, 5.74) is 1.50. The highest BCUT2D eigenvalue weighted by Gasteiger charge is 2.48. The minimum atomic E-state index is -1.04. The SMILES string of the molecule is C[C@]1(C(=O)NC2CCCCCCC2)Cn2c(nc3ccccc32)C(=O)N1Cc1cccnc1. The first-order chi connectivity index (χ1) is 16.1. The van der Waals surface area contributed by atoms with Crippen molar-refractivity contribution in [2.45, 2.75) is 76.5 Å². The third kappa shape index (κ3) is 4.12. The maximum atomic E-state index is 13.8. The van der Waals surface area contributed by atoms with Crippen LogP contribution >= 0.6 is 0 Å². The molecule has 2 aromatic heterocycles. The molecule has 2 aliphatic rings. The van der Waals surface area contributed by atoms with E-state index in [9.17, 15) is 9.59 Å². The van der Waals surface area contributed by atoms with Gasteiger partial charge >= 0.3 is 0 Å². The molecule has 7 heteroatoms. The Kier molecular flexibility index (Phi) is 5.87. The molecule has 0 radical (unpaired) electrons. The molecule has 1 aromatic carbocycles. The van der Waals surface area contributed by atoms with Crippen molar-refractivity contribution in [2.75, 3.05) is 0 Å². The molecule has 2 amide bonds. The topological polar surface area (TPSA) is 80.1 Å². The van der Waals surface area contributed by atoms with Crippen LogP contribution in [0, 0.1) is 0 Å². The van der Waals surface area contributed by atoms with Gasteiger partial charge in [-0.25, -0.2) is 4.98 Å². The predicted molar refractivity (Wildman–Crippen MR) is 126 cm³/mol. The zero-order valence-corrected chi connectivity index (χ0v) is 19.2. The van der Waals surface area contributed by atoms with E-state index in [0.717, 1.165) is 42.3 Å². The molecule has 172 valence electrons. The lowest BCUT2D eigenvalue weighted by Gasteiger charge is -2.44. The maximum absolute atomic E-state index is 13.8. The number of fused-ring (bicyclic) bond motifs is 3. The third-order valence-electron chi connectivity index (χ3n) is 7.15. The molecule has 1 N–H and O–H groups in total. The van der Waals surface area contributed by atoms with Crippen molar-refractivity contribution in [1.29, 1.82) is 0 Å². The Labute approximate surface area is 194 Å². The second-order valence-electron chi connectivity index (χ2n) is 9.55. The number of hydrogen-bond donors (Lipinski definition) is 1. The Morgan fingerprint density at radius 1 is 1.09 bits per heavy atom. The van der Waals surface area contributed by atoms with Crippen LogP contribution in [0.2, 0.25) is 0 Å². The molecule has 1 aliphatic carbocycles. The Bertz CT molecular complexity index is 1150.